The molecule has 0 saturated carbocycles. The lowest BCUT2D eigenvalue weighted by Crippen LogP contribution is -2.12. The second-order valence-electron chi connectivity index (χ2n) is 4.98. The van der Waals surface area contributed by atoms with Crippen LogP contribution in [0.25, 0.3) is 10.2 Å². The Kier molecular flexibility index (Phi) is 4.71. The highest BCUT2D eigenvalue weighted by molar-refractivity contribution is 7.18. The van der Waals surface area contributed by atoms with E-state index in [-0.39, 0.29) is 5.91 Å². The van der Waals surface area contributed by atoms with Crippen LogP contribution in [0.15, 0.2) is 36.4 Å². The smallest absolute Gasteiger partial charge is 0.224 e. The maximum Gasteiger partial charge on any atom is 0.224 e. The van der Waals surface area contributed by atoms with Gasteiger partial charge in [0.1, 0.15) is 0 Å². The summed E-state index contributed by atoms with van der Waals surface area (Å²) in [5, 5.41) is 4.34. The number of hydrogen-bond acceptors (Lipinski definition) is 4. The summed E-state index contributed by atoms with van der Waals surface area (Å²) < 4.78 is 1.13. The van der Waals surface area contributed by atoms with Crippen LogP contribution in [0.2, 0.25) is 10.0 Å². The molecule has 1 amide bonds. The van der Waals surface area contributed by atoms with Gasteiger partial charge in [-0.2, -0.15) is 0 Å². The molecule has 2 aromatic carbocycles. The zero-order chi connectivity index (χ0) is 16.4. The number of rotatable bonds is 4. The zero-order valence-electron chi connectivity index (χ0n) is 12.0. The lowest BCUT2D eigenvalue weighted by atomic mass is 10.2. The van der Waals surface area contributed by atoms with Crippen molar-refractivity contribution in [1.82, 2.24) is 4.98 Å². The van der Waals surface area contributed by atoms with Crippen molar-refractivity contribution in [1.29, 1.82) is 0 Å². The number of aromatic nitrogens is 1. The van der Waals surface area contributed by atoms with Gasteiger partial charge in [0.15, 0.2) is 0 Å². The molecule has 23 heavy (non-hydrogen) atoms. The number of nitrogens with zero attached hydrogens (tertiary/aromatic N) is 1. The summed E-state index contributed by atoms with van der Waals surface area (Å²) in [4.78, 5) is 16.6. The number of para-hydroxylation sites is 1. The van der Waals surface area contributed by atoms with E-state index < -0.39 is 0 Å². The average Bonchev–Trinajstić information content (AvgIpc) is 2.93. The molecule has 1 heterocycles. The van der Waals surface area contributed by atoms with Crippen molar-refractivity contribution < 1.29 is 4.79 Å². The fourth-order valence-corrected chi connectivity index (χ4v) is 3.58. The van der Waals surface area contributed by atoms with Crippen LogP contribution in [-0.2, 0) is 11.2 Å². The molecule has 0 bridgehead atoms. The van der Waals surface area contributed by atoms with Gasteiger partial charge in [0.25, 0.3) is 0 Å². The third-order valence-electron chi connectivity index (χ3n) is 3.27. The van der Waals surface area contributed by atoms with Crippen molar-refractivity contribution >= 4 is 62.0 Å². The third-order valence-corrected chi connectivity index (χ3v) is 4.99. The first-order valence-electron chi connectivity index (χ1n) is 6.92. The van der Waals surface area contributed by atoms with Gasteiger partial charge in [0.05, 0.1) is 31.0 Å². The monoisotopic (exact) mass is 365 g/mol. The van der Waals surface area contributed by atoms with E-state index in [1.54, 1.807) is 23.5 Å². The lowest BCUT2D eigenvalue weighted by molar-refractivity contribution is -0.116. The highest BCUT2D eigenvalue weighted by atomic mass is 35.5. The van der Waals surface area contributed by atoms with Gasteiger partial charge < -0.3 is 11.1 Å². The molecule has 7 heteroatoms. The Hall–Kier alpha value is -1.82. The SMILES string of the molecule is Nc1c(Cl)cc(NC(=O)CCc2nc3ccccc3s2)cc1Cl. The maximum absolute atomic E-state index is 12.1. The van der Waals surface area contributed by atoms with Gasteiger partial charge in [-0.25, -0.2) is 4.98 Å². The predicted octanol–water partition coefficient (Wildman–Crippen LogP) is 4.76. The summed E-state index contributed by atoms with van der Waals surface area (Å²) in [6.45, 7) is 0. The van der Waals surface area contributed by atoms with E-state index >= 15 is 0 Å². The number of aryl methyl sites for hydroxylation is 1. The van der Waals surface area contributed by atoms with Crippen LogP contribution in [0.4, 0.5) is 11.4 Å². The fraction of sp³-hybridized carbons (Fsp3) is 0.125. The summed E-state index contributed by atoms with van der Waals surface area (Å²) in [5.41, 5.74) is 7.47. The minimum Gasteiger partial charge on any atom is -0.396 e. The van der Waals surface area contributed by atoms with Gasteiger partial charge in [-0.3, -0.25) is 4.79 Å². The first-order valence-corrected chi connectivity index (χ1v) is 8.49. The Labute approximate surface area is 147 Å². The second-order valence-corrected chi connectivity index (χ2v) is 6.91. The molecule has 0 aliphatic rings. The summed E-state index contributed by atoms with van der Waals surface area (Å²) >= 11 is 13.5. The molecule has 0 atom stereocenters. The first-order chi connectivity index (χ1) is 11.0. The first kappa shape index (κ1) is 16.1. The van der Waals surface area contributed by atoms with Gasteiger partial charge in [-0.15, -0.1) is 11.3 Å². The summed E-state index contributed by atoms with van der Waals surface area (Å²) in [6, 6.07) is 11.1. The molecule has 0 fully saturated rings. The number of anilines is 2. The molecule has 0 radical (unpaired) electrons. The van der Waals surface area contributed by atoms with Crippen LogP contribution in [0, 0.1) is 0 Å². The average molecular weight is 366 g/mol. The Morgan fingerprint density at radius 2 is 1.91 bits per heavy atom. The van der Waals surface area contributed by atoms with E-state index in [0.29, 0.717) is 34.3 Å². The Bertz CT molecular complexity index is 823. The second kappa shape index (κ2) is 6.74. The third kappa shape index (κ3) is 3.75. The number of halogens is 2. The number of nitrogens with two attached hydrogens (primary N) is 1. The van der Waals surface area contributed by atoms with Crippen LogP contribution in [0.3, 0.4) is 0 Å². The minimum atomic E-state index is -0.124. The standard InChI is InChI=1S/C16H13Cl2N3OS/c17-10-7-9(8-11(18)16(10)19)20-14(22)5-6-15-21-12-3-1-2-4-13(12)23-15/h1-4,7-8H,5-6,19H2,(H,20,22). The number of benzene rings is 2. The highest BCUT2D eigenvalue weighted by Gasteiger charge is 2.10. The number of fused-ring (bicyclic) bond motifs is 1. The van der Waals surface area contributed by atoms with Crippen molar-refractivity contribution in [2.45, 2.75) is 12.8 Å². The Balaban J connectivity index is 1.63. The summed E-state index contributed by atoms with van der Waals surface area (Å²) in [5.74, 6) is -0.124. The molecule has 118 valence electrons. The quantitative estimate of drug-likeness (QED) is 0.655. The van der Waals surface area contributed by atoms with Gasteiger partial charge in [-0.05, 0) is 24.3 Å². The molecule has 1 aromatic heterocycles. The largest absolute Gasteiger partial charge is 0.396 e. The molecular formula is C16H13Cl2N3OS. The number of nitrogens with one attached hydrogen (secondary N) is 1. The van der Waals surface area contributed by atoms with Gasteiger partial charge >= 0.3 is 0 Å². The number of amides is 1. The molecule has 0 saturated heterocycles. The topological polar surface area (TPSA) is 68.0 Å². The molecular weight excluding hydrogens is 353 g/mol. The lowest BCUT2D eigenvalue weighted by Gasteiger charge is -2.08. The van der Waals surface area contributed by atoms with Crippen LogP contribution in [0.5, 0.6) is 0 Å². The number of thiazole rings is 1. The zero-order valence-corrected chi connectivity index (χ0v) is 14.3. The van der Waals surface area contributed by atoms with Crippen LogP contribution >= 0.6 is 34.5 Å². The Morgan fingerprint density at radius 3 is 2.61 bits per heavy atom. The number of nitrogen functional groups attached to an aromatic ring is 1. The van der Waals surface area contributed by atoms with Crippen molar-refractivity contribution in [3.63, 3.8) is 0 Å². The molecule has 3 rings (SSSR count). The van der Waals surface area contributed by atoms with Gasteiger partial charge in [0, 0.05) is 18.5 Å². The van der Waals surface area contributed by atoms with Crippen LogP contribution in [-0.4, -0.2) is 10.9 Å². The van der Waals surface area contributed by atoms with E-state index in [4.69, 9.17) is 28.9 Å². The molecule has 3 aromatic rings. The maximum atomic E-state index is 12.1. The summed E-state index contributed by atoms with van der Waals surface area (Å²) in [7, 11) is 0. The van der Waals surface area contributed by atoms with Crippen LogP contribution < -0.4 is 11.1 Å². The van der Waals surface area contributed by atoms with E-state index in [1.807, 2.05) is 24.3 Å². The highest BCUT2D eigenvalue weighted by Crippen LogP contribution is 2.31. The molecule has 3 N–H and O–H groups in total. The van der Waals surface area contributed by atoms with Crippen molar-refractivity contribution in [3.8, 4) is 0 Å². The van der Waals surface area contributed by atoms with Crippen molar-refractivity contribution in [3.05, 3.63) is 51.5 Å². The number of carbonyl (C=O) groups is 1. The molecule has 0 unspecified atom stereocenters. The summed E-state index contributed by atoms with van der Waals surface area (Å²) in [6.07, 6.45) is 0.918. The van der Waals surface area contributed by atoms with E-state index in [9.17, 15) is 4.79 Å². The normalized spacial score (nSPS) is 10.9. The Morgan fingerprint density at radius 1 is 1.22 bits per heavy atom. The van der Waals surface area contributed by atoms with E-state index in [1.165, 1.54) is 0 Å². The van der Waals surface area contributed by atoms with Crippen molar-refractivity contribution in [2.75, 3.05) is 11.1 Å². The van der Waals surface area contributed by atoms with Crippen LogP contribution in [0.1, 0.15) is 11.4 Å². The molecule has 4 nitrogen and oxygen atoms in total. The van der Waals surface area contributed by atoms with Crippen molar-refractivity contribution in [2.24, 2.45) is 0 Å². The molecule has 0 aliphatic heterocycles. The van der Waals surface area contributed by atoms with Gasteiger partial charge in [0.2, 0.25) is 5.91 Å². The number of hydrogen-bond donors (Lipinski definition) is 2. The minimum absolute atomic E-state index is 0.124. The molecule has 0 spiro atoms. The van der Waals surface area contributed by atoms with E-state index in [2.05, 4.69) is 10.3 Å². The fourth-order valence-electron chi connectivity index (χ4n) is 2.13. The van der Waals surface area contributed by atoms with Gasteiger partial charge in [-0.1, -0.05) is 35.3 Å². The predicted molar refractivity (Wildman–Crippen MR) is 97.4 cm³/mol. The number of carbonyl (C=O) groups excluding carboxylic acids is 1. The molecule has 0 aliphatic carbocycles. The van der Waals surface area contributed by atoms with E-state index in [0.717, 1.165) is 15.2 Å².